The molecular weight excluding hydrogens is 240 g/mol. The largest absolute Gasteiger partial charge is 0.349 e. The number of aromatic nitrogens is 3. The number of hydrogen-bond acceptors (Lipinski definition) is 3. The number of pyridine rings is 1. The molecule has 0 radical (unpaired) electrons. The minimum absolute atomic E-state index is 0.160. The highest BCUT2D eigenvalue weighted by atomic mass is 16.1. The van der Waals surface area contributed by atoms with Crippen LogP contribution in [0.15, 0.2) is 37.1 Å². The predicted octanol–water partition coefficient (Wildman–Crippen LogP) is 1.80. The van der Waals surface area contributed by atoms with E-state index < -0.39 is 0 Å². The SMILES string of the molecule is C=CCNC(=O)c1ccc(-n2nc(C)cc2C)nc1. The highest BCUT2D eigenvalue weighted by molar-refractivity contribution is 5.94. The summed E-state index contributed by atoms with van der Waals surface area (Å²) in [6.07, 6.45) is 3.18. The van der Waals surface area contributed by atoms with Gasteiger partial charge in [-0.1, -0.05) is 6.08 Å². The van der Waals surface area contributed by atoms with Gasteiger partial charge in [-0.2, -0.15) is 5.10 Å². The fourth-order valence-corrected chi connectivity index (χ4v) is 1.77. The number of carbonyl (C=O) groups is 1. The third-order valence-electron chi connectivity index (χ3n) is 2.64. The molecular formula is C14H16N4O. The van der Waals surface area contributed by atoms with Gasteiger partial charge in [0.1, 0.15) is 0 Å². The Morgan fingerprint density at radius 3 is 2.79 bits per heavy atom. The van der Waals surface area contributed by atoms with Crippen molar-refractivity contribution >= 4 is 5.91 Å². The van der Waals surface area contributed by atoms with Crippen LogP contribution in [0.1, 0.15) is 21.7 Å². The van der Waals surface area contributed by atoms with Crippen LogP contribution in [0.2, 0.25) is 0 Å². The first-order valence-corrected chi connectivity index (χ1v) is 6.00. The van der Waals surface area contributed by atoms with Crippen molar-refractivity contribution in [3.05, 3.63) is 54.0 Å². The van der Waals surface area contributed by atoms with E-state index in [2.05, 4.69) is 22.0 Å². The molecule has 0 saturated carbocycles. The van der Waals surface area contributed by atoms with Crippen molar-refractivity contribution in [2.45, 2.75) is 13.8 Å². The summed E-state index contributed by atoms with van der Waals surface area (Å²) in [6, 6.07) is 5.49. The van der Waals surface area contributed by atoms with Crippen LogP contribution in [0, 0.1) is 13.8 Å². The summed E-state index contributed by atoms with van der Waals surface area (Å²) in [6.45, 7) is 7.89. The topological polar surface area (TPSA) is 59.8 Å². The molecule has 0 fully saturated rings. The molecule has 2 aromatic heterocycles. The molecule has 98 valence electrons. The van der Waals surface area contributed by atoms with Crippen molar-refractivity contribution in [3.8, 4) is 5.82 Å². The van der Waals surface area contributed by atoms with E-state index in [0.717, 1.165) is 11.4 Å². The van der Waals surface area contributed by atoms with Crippen molar-refractivity contribution in [2.24, 2.45) is 0 Å². The molecule has 0 aliphatic carbocycles. The van der Waals surface area contributed by atoms with Gasteiger partial charge in [0.05, 0.1) is 11.3 Å². The number of hydrogen-bond donors (Lipinski definition) is 1. The molecule has 1 N–H and O–H groups in total. The summed E-state index contributed by atoms with van der Waals surface area (Å²) in [5, 5.41) is 7.05. The summed E-state index contributed by atoms with van der Waals surface area (Å²) in [5.41, 5.74) is 2.47. The number of carbonyl (C=O) groups excluding carboxylic acids is 1. The van der Waals surface area contributed by atoms with Crippen LogP contribution in [0.4, 0.5) is 0 Å². The smallest absolute Gasteiger partial charge is 0.253 e. The van der Waals surface area contributed by atoms with E-state index in [1.165, 1.54) is 0 Å². The van der Waals surface area contributed by atoms with Gasteiger partial charge in [-0.25, -0.2) is 9.67 Å². The molecule has 5 nitrogen and oxygen atoms in total. The van der Waals surface area contributed by atoms with Crippen LogP contribution in [0.25, 0.3) is 5.82 Å². The zero-order valence-electron chi connectivity index (χ0n) is 11.1. The van der Waals surface area contributed by atoms with Crippen LogP contribution < -0.4 is 5.32 Å². The molecule has 0 aliphatic heterocycles. The lowest BCUT2D eigenvalue weighted by Gasteiger charge is -2.05. The normalized spacial score (nSPS) is 10.2. The Balaban J connectivity index is 2.21. The molecule has 0 bridgehead atoms. The lowest BCUT2D eigenvalue weighted by molar-refractivity contribution is 0.0957. The van der Waals surface area contributed by atoms with E-state index >= 15 is 0 Å². The van der Waals surface area contributed by atoms with Crippen LogP contribution in [0.3, 0.4) is 0 Å². The Hall–Kier alpha value is -2.43. The van der Waals surface area contributed by atoms with Crippen molar-refractivity contribution in [3.63, 3.8) is 0 Å². The minimum Gasteiger partial charge on any atom is -0.349 e. The monoisotopic (exact) mass is 256 g/mol. The molecule has 0 saturated heterocycles. The zero-order chi connectivity index (χ0) is 13.8. The minimum atomic E-state index is -0.160. The standard InChI is InChI=1S/C14H16N4O/c1-4-7-15-14(19)12-5-6-13(16-9-12)18-11(3)8-10(2)17-18/h4-6,8-9H,1,7H2,2-3H3,(H,15,19). The number of amides is 1. The Kier molecular flexibility index (Phi) is 3.75. The Morgan fingerprint density at radius 1 is 1.47 bits per heavy atom. The molecule has 0 unspecified atom stereocenters. The molecule has 2 rings (SSSR count). The van der Waals surface area contributed by atoms with Crippen LogP contribution >= 0.6 is 0 Å². The van der Waals surface area contributed by atoms with Crippen molar-refractivity contribution in [1.82, 2.24) is 20.1 Å². The van der Waals surface area contributed by atoms with E-state index in [-0.39, 0.29) is 5.91 Å². The average molecular weight is 256 g/mol. The van der Waals surface area contributed by atoms with Gasteiger partial charge in [-0.3, -0.25) is 4.79 Å². The molecule has 0 aromatic carbocycles. The quantitative estimate of drug-likeness (QED) is 0.848. The molecule has 1 amide bonds. The summed E-state index contributed by atoms with van der Waals surface area (Å²) in [7, 11) is 0. The highest BCUT2D eigenvalue weighted by Crippen LogP contribution is 2.10. The third kappa shape index (κ3) is 2.88. The zero-order valence-corrected chi connectivity index (χ0v) is 11.1. The second-order valence-electron chi connectivity index (χ2n) is 4.24. The van der Waals surface area contributed by atoms with Crippen LogP contribution in [-0.4, -0.2) is 27.2 Å². The van der Waals surface area contributed by atoms with Crippen molar-refractivity contribution < 1.29 is 4.79 Å². The fourth-order valence-electron chi connectivity index (χ4n) is 1.77. The van der Waals surface area contributed by atoms with Gasteiger partial charge in [0.25, 0.3) is 5.91 Å². The van der Waals surface area contributed by atoms with Gasteiger partial charge in [-0.15, -0.1) is 6.58 Å². The van der Waals surface area contributed by atoms with Gasteiger partial charge in [0.2, 0.25) is 0 Å². The van der Waals surface area contributed by atoms with Crippen molar-refractivity contribution in [2.75, 3.05) is 6.54 Å². The molecule has 0 spiro atoms. The maximum Gasteiger partial charge on any atom is 0.253 e. The van der Waals surface area contributed by atoms with Gasteiger partial charge < -0.3 is 5.32 Å². The lowest BCUT2D eigenvalue weighted by Crippen LogP contribution is -2.23. The second kappa shape index (κ2) is 5.48. The maximum atomic E-state index is 11.7. The summed E-state index contributed by atoms with van der Waals surface area (Å²) < 4.78 is 1.75. The second-order valence-corrected chi connectivity index (χ2v) is 4.24. The van der Waals surface area contributed by atoms with Crippen molar-refractivity contribution in [1.29, 1.82) is 0 Å². The number of nitrogens with zero attached hydrogens (tertiary/aromatic N) is 3. The first kappa shape index (κ1) is 13.0. The van der Waals surface area contributed by atoms with E-state index in [9.17, 15) is 4.79 Å². The fraction of sp³-hybridized carbons (Fsp3) is 0.214. The first-order valence-electron chi connectivity index (χ1n) is 6.00. The highest BCUT2D eigenvalue weighted by Gasteiger charge is 2.08. The maximum absolute atomic E-state index is 11.7. The summed E-state index contributed by atoms with van der Waals surface area (Å²) in [4.78, 5) is 16.0. The number of aryl methyl sites for hydroxylation is 2. The van der Waals surface area contributed by atoms with Gasteiger partial charge in [0, 0.05) is 18.4 Å². The van der Waals surface area contributed by atoms with E-state index in [0.29, 0.717) is 17.9 Å². The first-order chi connectivity index (χ1) is 9.11. The van der Waals surface area contributed by atoms with Gasteiger partial charge in [-0.05, 0) is 32.0 Å². The Morgan fingerprint density at radius 2 is 2.26 bits per heavy atom. The van der Waals surface area contributed by atoms with Crippen LogP contribution in [-0.2, 0) is 0 Å². The molecule has 5 heteroatoms. The van der Waals surface area contributed by atoms with E-state index in [1.54, 1.807) is 29.1 Å². The van der Waals surface area contributed by atoms with E-state index in [4.69, 9.17) is 0 Å². The molecule has 19 heavy (non-hydrogen) atoms. The third-order valence-corrected chi connectivity index (χ3v) is 2.64. The van der Waals surface area contributed by atoms with E-state index in [1.807, 2.05) is 19.9 Å². The Bertz CT molecular complexity index is 598. The molecule has 2 heterocycles. The van der Waals surface area contributed by atoms with Crippen LogP contribution in [0.5, 0.6) is 0 Å². The molecule has 0 aliphatic rings. The van der Waals surface area contributed by atoms with Gasteiger partial charge in [0.15, 0.2) is 5.82 Å². The summed E-state index contributed by atoms with van der Waals surface area (Å²) >= 11 is 0. The Labute approximate surface area is 112 Å². The summed E-state index contributed by atoms with van der Waals surface area (Å²) in [5.74, 6) is 0.540. The molecule has 0 atom stereocenters. The predicted molar refractivity (Wildman–Crippen MR) is 73.4 cm³/mol. The number of rotatable bonds is 4. The van der Waals surface area contributed by atoms with Gasteiger partial charge >= 0.3 is 0 Å². The number of nitrogens with one attached hydrogen (secondary N) is 1. The lowest BCUT2D eigenvalue weighted by atomic mass is 10.2. The average Bonchev–Trinajstić information content (AvgIpc) is 2.75. The molecule has 2 aromatic rings.